The molecule has 0 radical (unpaired) electrons. The van der Waals surface area contributed by atoms with Crippen LogP contribution in [0.15, 0.2) is 12.1 Å². The highest BCUT2D eigenvalue weighted by molar-refractivity contribution is 5.80. The van der Waals surface area contributed by atoms with E-state index in [1.165, 1.54) is 0 Å². The van der Waals surface area contributed by atoms with Crippen LogP contribution in [0.2, 0.25) is 0 Å². The molecule has 2 heteroatoms. The number of carbonyl (C=O) groups excluding carboxylic acids is 1. The quantitative estimate of drug-likeness (QED) is 0.736. The zero-order valence-electron chi connectivity index (χ0n) is 12.5. The van der Waals surface area contributed by atoms with Gasteiger partial charge in [0.05, 0.1) is 7.11 Å². The zero-order chi connectivity index (χ0) is 14.1. The minimum atomic E-state index is -0.122. The molecule has 0 bridgehead atoms. The Morgan fingerprint density at radius 2 is 1.56 bits per heavy atom. The van der Waals surface area contributed by atoms with Crippen molar-refractivity contribution in [1.29, 1.82) is 0 Å². The van der Waals surface area contributed by atoms with Gasteiger partial charge in [-0.25, -0.2) is 0 Å². The Kier molecular flexibility index (Phi) is 3.89. The van der Waals surface area contributed by atoms with Gasteiger partial charge in [0.15, 0.2) is 0 Å². The summed E-state index contributed by atoms with van der Waals surface area (Å²) < 4.78 is 5.61. The van der Waals surface area contributed by atoms with Crippen molar-refractivity contribution in [3.63, 3.8) is 0 Å². The lowest BCUT2D eigenvalue weighted by atomic mass is 9.77. The van der Waals surface area contributed by atoms with Crippen molar-refractivity contribution in [1.82, 2.24) is 0 Å². The Bertz CT molecular complexity index is 445. The maximum atomic E-state index is 11.2. The van der Waals surface area contributed by atoms with Crippen LogP contribution in [-0.2, 0) is 10.8 Å². The molecule has 0 atom stereocenters. The number of rotatable bonds is 2. The summed E-state index contributed by atoms with van der Waals surface area (Å²) in [4.78, 5) is 11.2. The van der Waals surface area contributed by atoms with Crippen molar-refractivity contribution in [2.75, 3.05) is 7.11 Å². The van der Waals surface area contributed by atoms with Crippen molar-refractivity contribution >= 4 is 6.29 Å². The van der Waals surface area contributed by atoms with Gasteiger partial charge in [-0.3, -0.25) is 4.79 Å². The molecule has 0 N–H and O–H groups in total. The van der Waals surface area contributed by atoms with Gasteiger partial charge < -0.3 is 4.74 Å². The summed E-state index contributed by atoms with van der Waals surface area (Å²) in [7, 11) is 1.67. The lowest BCUT2D eigenvalue weighted by Crippen LogP contribution is -2.20. The summed E-state index contributed by atoms with van der Waals surface area (Å²) in [5.74, 6) is 0.847. The normalized spacial score (nSPS) is 12.4. The molecule has 1 aromatic carbocycles. The molecule has 1 aromatic rings. The molecule has 0 spiro atoms. The van der Waals surface area contributed by atoms with Crippen LogP contribution < -0.4 is 4.74 Å². The van der Waals surface area contributed by atoms with Crippen LogP contribution in [0.25, 0.3) is 0 Å². The van der Waals surface area contributed by atoms with Crippen LogP contribution in [0.5, 0.6) is 5.75 Å². The van der Waals surface area contributed by atoms with E-state index in [4.69, 9.17) is 4.74 Å². The average molecular weight is 248 g/mol. The Balaban J connectivity index is 3.69. The lowest BCUT2D eigenvalue weighted by molar-refractivity contribution is 0.112. The number of methoxy groups -OCH3 is 1. The summed E-state index contributed by atoms with van der Waals surface area (Å²) in [6, 6.07) is 3.90. The molecule has 0 saturated carbocycles. The van der Waals surface area contributed by atoms with Gasteiger partial charge in [0.1, 0.15) is 12.0 Å². The second kappa shape index (κ2) is 4.75. The van der Waals surface area contributed by atoms with Crippen molar-refractivity contribution in [3.8, 4) is 5.75 Å². The van der Waals surface area contributed by atoms with Crippen molar-refractivity contribution in [2.45, 2.75) is 52.4 Å². The standard InChI is InChI=1S/C16H24O2/c1-15(2,3)12-9-8-11(10-17)13(14(12)18-7)16(4,5)6/h8-10H,1-7H3. The molecule has 0 aliphatic heterocycles. The predicted octanol–water partition coefficient (Wildman–Crippen LogP) is 4.10. The Morgan fingerprint density at radius 1 is 1.00 bits per heavy atom. The molecule has 0 amide bonds. The maximum absolute atomic E-state index is 11.2. The van der Waals surface area contributed by atoms with Crippen LogP contribution in [0.3, 0.4) is 0 Å². The van der Waals surface area contributed by atoms with E-state index in [0.29, 0.717) is 5.56 Å². The monoisotopic (exact) mass is 248 g/mol. The van der Waals surface area contributed by atoms with Gasteiger partial charge in [0, 0.05) is 11.1 Å². The van der Waals surface area contributed by atoms with E-state index in [0.717, 1.165) is 23.2 Å². The fourth-order valence-electron chi connectivity index (χ4n) is 2.27. The fraction of sp³-hybridized carbons (Fsp3) is 0.562. The van der Waals surface area contributed by atoms with Crippen molar-refractivity contribution in [3.05, 3.63) is 28.8 Å². The number of hydrogen-bond acceptors (Lipinski definition) is 2. The third kappa shape index (κ3) is 2.74. The molecule has 0 aromatic heterocycles. The molecule has 1 rings (SSSR count). The highest BCUT2D eigenvalue weighted by Crippen LogP contribution is 2.40. The van der Waals surface area contributed by atoms with Crippen molar-refractivity contribution in [2.24, 2.45) is 0 Å². The third-order valence-electron chi connectivity index (χ3n) is 3.08. The van der Waals surface area contributed by atoms with Gasteiger partial charge in [-0.05, 0) is 16.4 Å². The van der Waals surface area contributed by atoms with E-state index in [2.05, 4.69) is 41.5 Å². The van der Waals surface area contributed by atoms with E-state index in [-0.39, 0.29) is 10.8 Å². The summed E-state index contributed by atoms with van der Waals surface area (Å²) >= 11 is 0. The zero-order valence-corrected chi connectivity index (χ0v) is 12.5. The number of ether oxygens (including phenoxy) is 1. The first-order valence-corrected chi connectivity index (χ1v) is 6.30. The summed E-state index contributed by atoms with van der Waals surface area (Å²) in [6.45, 7) is 12.8. The highest BCUT2D eigenvalue weighted by Gasteiger charge is 2.28. The van der Waals surface area contributed by atoms with E-state index in [9.17, 15) is 4.79 Å². The third-order valence-corrected chi connectivity index (χ3v) is 3.08. The number of carbonyl (C=O) groups is 1. The molecular formula is C16H24O2. The number of hydrogen-bond donors (Lipinski definition) is 0. The van der Waals surface area contributed by atoms with Gasteiger partial charge >= 0.3 is 0 Å². The topological polar surface area (TPSA) is 26.3 Å². The molecule has 100 valence electrons. The number of aldehydes is 1. The SMILES string of the molecule is COc1c(C(C)(C)C)ccc(C=O)c1C(C)(C)C. The maximum Gasteiger partial charge on any atom is 0.150 e. The van der Waals surface area contributed by atoms with Gasteiger partial charge in [-0.15, -0.1) is 0 Å². The van der Waals surface area contributed by atoms with E-state index in [1.54, 1.807) is 7.11 Å². The van der Waals surface area contributed by atoms with Gasteiger partial charge in [0.2, 0.25) is 0 Å². The Labute approximate surface area is 110 Å². The molecule has 2 nitrogen and oxygen atoms in total. The lowest BCUT2D eigenvalue weighted by Gasteiger charge is -2.30. The molecule has 18 heavy (non-hydrogen) atoms. The summed E-state index contributed by atoms with van der Waals surface area (Å²) in [6.07, 6.45) is 0.912. The number of benzene rings is 1. The Morgan fingerprint density at radius 3 is 1.89 bits per heavy atom. The van der Waals surface area contributed by atoms with Crippen LogP contribution in [-0.4, -0.2) is 13.4 Å². The van der Waals surface area contributed by atoms with Crippen LogP contribution in [0, 0.1) is 0 Å². The minimum Gasteiger partial charge on any atom is -0.496 e. The van der Waals surface area contributed by atoms with E-state index < -0.39 is 0 Å². The molecule has 0 aliphatic carbocycles. The van der Waals surface area contributed by atoms with Gasteiger partial charge in [0.25, 0.3) is 0 Å². The largest absolute Gasteiger partial charge is 0.496 e. The molecule has 0 fully saturated rings. The predicted molar refractivity (Wildman–Crippen MR) is 75.8 cm³/mol. The fourth-order valence-corrected chi connectivity index (χ4v) is 2.27. The summed E-state index contributed by atoms with van der Waals surface area (Å²) in [5, 5.41) is 0. The summed E-state index contributed by atoms with van der Waals surface area (Å²) in [5.41, 5.74) is 2.72. The molecule has 0 heterocycles. The first kappa shape index (κ1) is 14.7. The van der Waals surface area contributed by atoms with Crippen LogP contribution in [0.4, 0.5) is 0 Å². The second-order valence-corrected chi connectivity index (χ2v) is 6.73. The molecule has 0 saturated heterocycles. The Hall–Kier alpha value is -1.31. The average Bonchev–Trinajstić information content (AvgIpc) is 2.24. The van der Waals surface area contributed by atoms with Crippen molar-refractivity contribution < 1.29 is 9.53 Å². The van der Waals surface area contributed by atoms with Gasteiger partial charge in [-0.2, -0.15) is 0 Å². The van der Waals surface area contributed by atoms with E-state index in [1.807, 2.05) is 12.1 Å². The highest BCUT2D eigenvalue weighted by atomic mass is 16.5. The minimum absolute atomic E-state index is 0.00718. The van der Waals surface area contributed by atoms with Crippen LogP contribution >= 0.6 is 0 Å². The molecule has 0 aliphatic rings. The van der Waals surface area contributed by atoms with Crippen LogP contribution in [0.1, 0.15) is 63.0 Å². The van der Waals surface area contributed by atoms with Gasteiger partial charge in [-0.1, -0.05) is 53.7 Å². The first-order chi connectivity index (χ1) is 8.12. The van der Waals surface area contributed by atoms with E-state index >= 15 is 0 Å². The second-order valence-electron chi connectivity index (χ2n) is 6.73. The smallest absolute Gasteiger partial charge is 0.150 e. The first-order valence-electron chi connectivity index (χ1n) is 6.30. The molecule has 0 unspecified atom stereocenters. The molecular weight excluding hydrogens is 224 g/mol.